The number of benzene rings is 2. The van der Waals surface area contributed by atoms with Gasteiger partial charge in [0.25, 0.3) is 5.91 Å². The van der Waals surface area contributed by atoms with Crippen LogP contribution in [0.5, 0.6) is 0 Å². The van der Waals surface area contributed by atoms with Crippen molar-refractivity contribution in [3.8, 4) is 0 Å². The maximum absolute atomic E-state index is 12.7. The van der Waals surface area contributed by atoms with Crippen LogP contribution in [0.2, 0.25) is 0 Å². The van der Waals surface area contributed by atoms with Gasteiger partial charge in [-0.25, -0.2) is 8.42 Å². The van der Waals surface area contributed by atoms with Crippen molar-refractivity contribution in [3.63, 3.8) is 0 Å². The standard InChI is InChI=1S/C21H25N3O5S/c1-16-4-2-5-17(14-16)21(26)22-9-8-20(25)23-18-6-3-7-19(15-18)30(27,28)24-10-12-29-13-11-24/h2-7,14-15H,8-13H2,1H3,(H,22,26)(H,23,25). The maximum atomic E-state index is 12.7. The van der Waals surface area contributed by atoms with Gasteiger partial charge < -0.3 is 15.4 Å². The van der Waals surface area contributed by atoms with Crippen LogP contribution in [-0.4, -0.2) is 57.4 Å². The molecule has 1 fully saturated rings. The van der Waals surface area contributed by atoms with Crippen molar-refractivity contribution < 1.29 is 22.7 Å². The predicted molar refractivity (Wildman–Crippen MR) is 113 cm³/mol. The van der Waals surface area contributed by atoms with Gasteiger partial charge in [-0.3, -0.25) is 9.59 Å². The number of carbonyl (C=O) groups excluding carboxylic acids is 2. The van der Waals surface area contributed by atoms with Crippen molar-refractivity contribution in [1.29, 1.82) is 0 Å². The topological polar surface area (TPSA) is 105 Å². The zero-order valence-corrected chi connectivity index (χ0v) is 17.6. The first-order chi connectivity index (χ1) is 14.4. The molecule has 9 heteroatoms. The Labute approximate surface area is 176 Å². The van der Waals surface area contributed by atoms with E-state index in [2.05, 4.69) is 10.6 Å². The zero-order valence-electron chi connectivity index (χ0n) is 16.8. The van der Waals surface area contributed by atoms with E-state index < -0.39 is 10.0 Å². The van der Waals surface area contributed by atoms with E-state index in [1.807, 2.05) is 13.0 Å². The number of ether oxygens (including phenoxy) is 1. The van der Waals surface area contributed by atoms with Crippen LogP contribution >= 0.6 is 0 Å². The van der Waals surface area contributed by atoms with Gasteiger partial charge >= 0.3 is 0 Å². The molecular formula is C21H25N3O5S. The summed E-state index contributed by atoms with van der Waals surface area (Å²) in [5, 5.41) is 5.39. The summed E-state index contributed by atoms with van der Waals surface area (Å²) < 4.78 is 32.1. The molecule has 0 atom stereocenters. The second kappa shape index (κ2) is 9.84. The van der Waals surface area contributed by atoms with Gasteiger partial charge in [0.1, 0.15) is 0 Å². The summed E-state index contributed by atoms with van der Waals surface area (Å²) >= 11 is 0. The van der Waals surface area contributed by atoms with Crippen molar-refractivity contribution in [2.24, 2.45) is 0 Å². The third kappa shape index (κ3) is 5.65. The van der Waals surface area contributed by atoms with Crippen LogP contribution in [0.4, 0.5) is 5.69 Å². The molecule has 0 aliphatic carbocycles. The van der Waals surface area contributed by atoms with E-state index >= 15 is 0 Å². The molecule has 2 aromatic rings. The highest BCUT2D eigenvalue weighted by atomic mass is 32.2. The van der Waals surface area contributed by atoms with E-state index in [0.29, 0.717) is 37.6 Å². The summed E-state index contributed by atoms with van der Waals surface area (Å²) in [6.45, 7) is 3.41. The first kappa shape index (κ1) is 21.9. The Balaban J connectivity index is 1.54. The van der Waals surface area contributed by atoms with E-state index in [0.717, 1.165) is 5.56 Å². The first-order valence-corrected chi connectivity index (χ1v) is 11.1. The van der Waals surface area contributed by atoms with Gasteiger partial charge in [0.2, 0.25) is 15.9 Å². The summed E-state index contributed by atoms with van der Waals surface area (Å²) in [6, 6.07) is 13.3. The molecule has 160 valence electrons. The van der Waals surface area contributed by atoms with Crippen LogP contribution in [0.3, 0.4) is 0 Å². The van der Waals surface area contributed by atoms with Gasteiger partial charge in [0.15, 0.2) is 0 Å². The van der Waals surface area contributed by atoms with Gasteiger partial charge in [0, 0.05) is 37.3 Å². The number of amides is 2. The molecule has 1 aliphatic rings. The first-order valence-electron chi connectivity index (χ1n) is 9.69. The SMILES string of the molecule is Cc1cccc(C(=O)NCCC(=O)Nc2cccc(S(=O)(=O)N3CCOCC3)c2)c1. The molecule has 1 saturated heterocycles. The van der Waals surface area contributed by atoms with Crippen LogP contribution in [-0.2, 0) is 19.6 Å². The van der Waals surface area contributed by atoms with Crippen LogP contribution in [0.25, 0.3) is 0 Å². The van der Waals surface area contributed by atoms with Crippen LogP contribution in [0.1, 0.15) is 22.3 Å². The molecule has 2 amide bonds. The van der Waals surface area contributed by atoms with E-state index in [1.54, 1.807) is 30.3 Å². The quantitative estimate of drug-likeness (QED) is 0.695. The van der Waals surface area contributed by atoms with E-state index in [-0.39, 0.29) is 29.7 Å². The molecule has 8 nitrogen and oxygen atoms in total. The lowest BCUT2D eigenvalue weighted by molar-refractivity contribution is -0.116. The number of nitrogens with zero attached hydrogens (tertiary/aromatic N) is 1. The highest BCUT2D eigenvalue weighted by Gasteiger charge is 2.26. The van der Waals surface area contributed by atoms with Gasteiger partial charge in [-0.05, 0) is 37.3 Å². The second-order valence-corrected chi connectivity index (χ2v) is 8.91. The molecule has 0 saturated carbocycles. The molecule has 2 aromatic carbocycles. The lowest BCUT2D eigenvalue weighted by atomic mass is 10.1. The molecule has 30 heavy (non-hydrogen) atoms. The fourth-order valence-corrected chi connectivity index (χ4v) is 4.53. The number of carbonyl (C=O) groups is 2. The Morgan fingerprint density at radius 2 is 1.80 bits per heavy atom. The van der Waals surface area contributed by atoms with Gasteiger partial charge in [-0.15, -0.1) is 0 Å². The lowest BCUT2D eigenvalue weighted by Crippen LogP contribution is -2.40. The van der Waals surface area contributed by atoms with Crippen molar-refractivity contribution in [2.45, 2.75) is 18.2 Å². The minimum Gasteiger partial charge on any atom is -0.379 e. The third-order valence-corrected chi connectivity index (χ3v) is 6.54. The average Bonchev–Trinajstić information content (AvgIpc) is 2.74. The van der Waals surface area contributed by atoms with Crippen LogP contribution < -0.4 is 10.6 Å². The average molecular weight is 432 g/mol. The Morgan fingerprint density at radius 3 is 2.53 bits per heavy atom. The molecule has 0 spiro atoms. The zero-order chi connectivity index (χ0) is 21.6. The molecule has 3 rings (SSSR count). The summed E-state index contributed by atoms with van der Waals surface area (Å²) in [7, 11) is -3.64. The maximum Gasteiger partial charge on any atom is 0.251 e. The van der Waals surface area contributed by atoms with Gasteiger partial charge in [-0.2, -0.15) is 4.31 Å². The number of hydrogen-bond donors (Lipinski definition) is 2. The summed E-state index contributed by atoms with van der Waals surface area (Å²) in [5.41, 5.74) is 1.91. The number of morpholine rings is 1. The molecule has 2 N–H and O–H groups in total. The summed E-state index contributed by atoms with van der Waals surface area (Å²) in [6.07, 6.45) is 0.0675. The molecular weight excluding hydrogens is 406 g/mol. The normalized spacial score (nSPS) is 14.8. The fraction of sp³-hybridized carbons (Fsp3) is 0.333. The molecule has 0 bridgehead atoms. The van der Waals surface area contributed by atoms with E-state index in [9.17, 15) is 18.0 Å². The minimum atomic E-state index is -3.64. The number of hydrogen-bond acceptors (Lipinski definition) is 5. The van der Waals surface area contributed by atoms with Crippen molar-refractivity contribution in [2.75, 3.05) is 38.2 Å². The fourth-order valence-electron chi connectivity index (χ4n) is 3.07. The smallest absolute Gasteiger partial charge is 0.251 e. The Bertz CT molecular complexity index is 1020. The molecule has 1 aliphatic heterocycles. The van der Waals surface area contributed by atoms with Gasteiger partial charge in [-0.1, -0.05) is 23.8 Å². The Kier molecular flexibility index (Phi) is 7.20. The largest absolute Gasteiger partial charge is 0.379 e. The number of rotatable bonds is 7. The second-order valence-electron chi connectivity index (χ2n) is 6.97. The molecule has 1 heterocycles. The van der Waals surface area contributed by atoms with E-state index in [1.165, 1.54) is 16.4 Å². The highest BCUT2D eigenvalue weighted by Crippen LogP contribution is 2.20. The number of aryl methyl sites for hydroxylation is 1. The minimum absolute atomic E-state index is 0.0675. The third-order valence-electron chi connectivity index (χ3n) is 4.64. The summed E-state index contributed by atoms with van der Waals surface area (Å²) in [4.78, 5) is 24.4. The number of anilines is 1. The van der Waals surface area contributed by atoms with Crippen molar-refractivity contribution in [3.05, 3.63) is 59.7 Å². The summed E-state index contributed by atoms with van der Waals surface area (Å²) in [5.74, 6) is -0.564. The molecule has 0 aromatic heterocycles. The van der Waals surface area contributed by atoms with Crippen molar-refractivity contribution in [1.82, 2.24) is 9.62 Å². The van der Waals surface area contributed by atoms with Gasteiger partial charge in [0.05, 0.1) is 18.1 Å². The Hall–Kier alpha value is -2.75. The Morgan fingerprint density at radius 1 is 1.07 bits per heavy atom. The number of sulfonamides is 1. The molecule has 0 unspecified atom stereocenters. The lowest BCUT2D eigenvalue weighted by Gasteiger charge is -2.26. The number of nitrogens with one attached hydrogen (secondary N) is 2. The van der Waals surface area contributed by atoms with Crippen LogP contribution in [0.15, 0.2) is 53.4 Å². The van der Waals surface area contributed by atoms with Crippen molar-refractivity contribution >= 4 is 27.5 Å². The highest BCUT2D eigenvalue weighted by molar-refractivity contribution is 7.89. The predicted octanol–water partition coefficient (Wildman–Crippen LogP) is 1.77. The monoisotopic (exact) mass is 431 g/mol. The van der Waals surface area contributed by atoms with Crippen LogP contribution in [0, 0.1) is 6.92 Å². The molecule has 0 radical (unpaired) electrons. The van der Waals surface area contributed by atoms with E-state index in [4.69, 9.17) is 4.74 Å².